The van der Waals surface area contributed by atoms with E-state index in [4.69, 9.17) is 10.9 Å². The zero-order valence-corrected chi connectivity index (χ0v) is 9.63. The second-order valence-corrected chi connectivity index (χ2v) is 4.17. The standard InChI is InChI=1S/C11H10N4OS/c12-10(15-16)9-6-7-13-11(14-9)17-8-4-2-1-3-5-8/h1-7,16H,(H2,12,15). The SMILES string of the molecule is N/C(=N/O)c1ccnc(Sc2ccccc2)n1. The number of hydrogen-bond acceptors (Lipinski definition) is 5. The highest BCUT2D eigenvalue weighted by Gasteiger charge is 2.04. The molecule has 86 valence electrons. The predicted molar refractivity (Wildman–Crippen MR) is 65.1 cm³/mol. The van der Waals surface area contributed by atoms with Gasteiger partial charge in [0, 0.05) is 11.1 Å². The Labute approximate surface area is 102 Å². The Hall–Kier alpha value is -2.08. The first-order chi connectivity index (χ1) is 8.29. The molecule has 2 rings (SSSR count). The maximum atomic E-state index is 8.56. The van der Waals surface area contributed by atoms with Crippen LogP contribution in [0.25, 0.3) is 0 Å². The fraction of sp³-hybridized carbons (Fsp3) is 0. The lowest BCUT2D eigenvalue weighted by molar-refractivity contribution is 0.318. The van der Waals surface area contributed by atoms with Crippen molar-refractivity contribution in [3.63, 3.8) is 0 Å². The van der Waals surface area contributed by atoms with E-state index in [1.807, 2.05) is 30.3 Å². The van der Waals surface area contributed by atoms with Gasteiger partial charge in [0.15, 0.2) is 11.0 Å². The van der Waals surface area contributed by atoms with Crippen LogP contribution in [0.1, 0.15) is 5.69 Å². The van der Waals surface area contributed by atoms with Crippen LogP contribution >= 0.6 is 11.8 Å². The van der Waals surface area contributed by atoms with Crippen LogP contribution in [0.4, 0.5) is 0 Å². The van der Waals surface area contributed by atoms with Gasteiger partial charge in [0.2, 0.25) is 0 Å². The van der Waals surface area contributed by atoms with E-state index in [-0.39, 0.29) is 5.84 Å². The minimum absolute atomic E-state index is 0.0256. The molecule has 5 nitrogen and oxygen atoms in total. The predicted octanol–water partition coefficient (Wildman–Crippen LogP) is 1.72. The van der Waals surface area contributed by atoms with Gasteiger partial charge < -0.3 is 10.9 Å². The lowest BCUT2D eigenvalue weighted by atomic mass is 10.4. The molecule has 0 aliphatic rings. The van der Waals surface area contributed by atoms with Crippen LogP contribution < -0.4 is 5.73 Å². The molecule has 1 aromatic heterocycles. The van der Waals surface area contributed by atoms with Crippen molar-refractivity contribution in [2.45, 2.75) is 10.1 Å². The summed E-state index contributed by atoms with van der Waals surface area (Å²) in [5.41, 5.74) is 5.86. The van der Waals surface area contributed by atoms with Crippen LogP contribution in [0.15, 0.2) is 57.8 Å². The molecule has 0 aliphatic heterocycles. The Morgan fingerprint density at radius 2 is 2.00 bits per heavy atom. The molecule has 0 saturated heterocycles. The van der Waals surface area contributed by atoms with Crippen LogP contribution in [0.5, 0.6) is 0 Å². The van der Waals surface area contributed by atoms with Crippen molar-refractivity contribution in [2.75, 3.05) is 0 Å². The van der Waals surface area contributed by atoms with Crippen LogP contribution in [-0.2, 0) is 0 Å². The molecule has 0 aliphatic carbocycles. The number of rotatable bonds is 3. The summed E-state index contributed by atoms with van der Waals surface area (Å²) in [4.78, 5) is 9.32. The van der Waals surface area contributed by atoms with E-state index < -0.39 is 0 Å². The molecule has 0 unspecified atom stereocenters. The highest BCUT2D eigenvalue weighted by Crippen LogP contribution is 2.23. The van der Waals surface area contributed by atoms with Gasteiger partial charge in [0.1, 0.15) is 5.69 Å². The lowest BCUT2D eigenvalue weighted by Gasteiger charge is -2.01. The van der Waals surface area contributed by atoms with E-state index in [2.05, 4.69) is 15.1 Å². The third-order valence-electron chi connectivity index (χ3n) is 1.96. The molecule has 17 heavy (non-hydrogen) atoms. The molecular formula is C11H10N4OS. The fourth-order valence-electron chi connectivity index (χ4n) is 1.18. The number of aromatic nitrogens is 2. The fourth-order valence-corrected chi connectivity index (χ4v) is 1.94. The van der Waals surface area contributed by atoms with Gasteiger partial charge in [-0.25, -0.2) is 9.97 Å². The minimum atomic E-state index is -0.0256. The summed E-state index contributed by atoms with van der Waals surface area (Å²) in [6.45, 7) is 0. The first-order valence-corrected chi connectivity index (χ1v) is 5.65. The average molecular weight is 246 g/mol. The number of oxime groups is 1. The van der Waals surface area contributed by atoms with Gasteiger partial charge in [-0.05, 0) is 30.0 Å². The van der Waals surface area contributed by atoms with Crippen LogP contribution in [0.3, 0.4) is 0 Å². The van der Waals surface area contributed by atoms with Gasteiger partial charge in [0.25, 0.3) is 0 Å². The molecule has 0 spiro atoms. The highest BCUT2D eigenvalue weighted by molar-refractivity contribution is 7.99. The summed E-state index contributed by atoms with van der Waals surface area (Å²) in [5, 5.41) is 12.0. The normalized spacial score (nSPS) is 11.4. The molecule has 6 heteroatoms. The molecule has 1 heterocycles. The van der Waals surface area contributed by atoms with E-state index in [0.29, 0.717) is 10.9 Å². The topological polar surface area (TPSA) is 84.4 Å². The number of benzene rings is 1. The van der Waals surface area contributed by atoms with Gasteiger partial charge in [-0.2, -0.15) is 0 Å². The molecular weight excluding hydrogens is 236 g/mol. The summed E-state index contributed by atoms with van der Waals surface area (Å²) in [6.07, 6.45) is 1.58. The molecule has 0 radical (unpaired) electrons. The average Bonchev–Trinajstić information content (AvgIpc) is 2.39. The third-order valence-corrected chi connectivity index (χ3v) is 2.84. The van der Waals surface area contributed by atoms with Crippen LogP contribution in [0, 0.1) is 0 Å². The maximum absolute atomic E-state index is 8.56. The molecule has 0 atom stereocenters. The summed E-state index contributed by atoms with van der Waals surface area (Å²) in [6, 6.07) is 11.3. The van der Waals surface area contributed by atoms with Crippen molar-refractivity contribution in [1.29, 1.82) is 0 Å². The first kappa shape index (κ1) is 11.4. The van der Waals surface area contributed by atoms with Crippen LogP contribution in [-0.4, -0.2) is 21.0 Å². The van der Waals surface area contributed by atoms with Crippen molar-refractivity contribution in [3.05, 3.63) is 48.3 Å². The Balaban J connectivity index is 2.23. The third kappa shape index (κ3) is 2.94. The van der Waals surface area contributed by atoms with Crippen molar-refractivity contribution in [2.24, 2.45) is 10.9 Å². The second kappa shape index (κ2) is 5.31. The summed E-state index contributed by atoms with van der Waals surface area (Å²) in [7, 11) is 0. The Kier molecular flexibility index (Phi) is 3.56. The van der Waals surface area contributed by atoms with E-state index in [1.54, 1.807) is 12.3 Å². The monoisotopic (exact) mass is 246 g/mol. The zero-order chi connectivity index (χ0) is 12.1. The Morgan fingerprint density at radius 3 is 2.71 bits per heavy atom. The van der Waals surface area contributed by atoms with Crippen molar-refractivity contribution in [3.8, 4) is 0 Å². The smallest absolute Gasteiger partial charge is 0.193 e. The van der Waals surface area contributed by atoms with E-state index >= 15 is 0 Å². The first-order valence-electron chi connectivity index (χ1n) is 4.83. The van der Waals surface area contributed by atoms with Gasteiger partial charge in [-0.3, -0.25) is 0 Å². The van der Waals surface area contributed by atoms with Gasteiger partial charge in [0.05, 0.1) is 0 Å². The molecule has 0 amide bonds. The zero-order valence-electron chi connectivity index (χ0n) is 8.82. The summed E-state index contributed by atoms with van der Waals surface area (Å²) >= 11 is 1.42. The van der Waals surface area contributed by atoms with E-state index in [9.17, 15) is 0 Å². The maximum Gasteiger partial charge on any atom is 0.193 e. The van der Waals surface area contributed by atoms with Gasteiger partial charge in [-0.1, -0.05) is 23.4 Å². The molecule has 2 aromatic rings. The molecule has 0 fully saturated rings. The minimum Gasteiger partial charge on any atom is -0.409 e. The van der Waals surface area contributed by atoms with Gasteiger partial charge in [-0.15, -0.1) is 0 Å². The Bertz CT molecular complexity index is 530. The number of nitrogens with two attached hydrogens (primary N) is 1. The lowest BCUT2D eigenvalue weighted by Crippen LogP contribution is -2.15. The second-order valence-electron chi connectivity index (χ2n) is 3.12. The summed E-state index contributed by atoms with van der Waals surface area (Å²) in [5.74, 6) is -0.0256. The molecule has 3 N–H and O–H groups in total. The van der Waals surface area contributed by atoms with Gasteiger partial charge >= 0.3 is 0 Å². The Morgan fingerprint density at radius 1 is 1.24 bits per heavy atom. The number of nitrogens with zero attached hydrogens (tertiary/aromatic N) is 3. The highest BCUT2D eigenvalue weighted by atomic mass is 32.2. The number of amidine groups is 1. The molecule has 0 bridgehead atoms. The largest absolute Gasteiger partial charge is 0.409 e. The van der Waals surface area contributed by atoms with E-state index in [0.717, 1.165) is 4.90 Å². The van der Waals surface area contributed by atoms with E-state index in [1.165, 1.54) is 11.8 Å². The van der Waals surface area contributed by atoms with Crippen LogP contribution in [0.2, 0.25) is 0 Å². The van der Waals surface area contributed by atoms with Crippen molar-refractivity contribution >= 4 is 17.6 Å². The van der Waals surface area contributed by atoms with Crippen molar-refractivity contribution < 1.29 is 5.21 Å². The number of hydrogen-bond donors (Lipinski definition) is 2. The van der Waals surface area contributed by atoms with Crippen molar-refractivity contribution in [1.82, 2.24) is 9.97 Å². The molecule has 1 aromatic carbocycles. The molecule has 0 saturated carbocycles. The quantitative estimate of drug-likeness (QED) is 0.283. The summed E-state index contributed by atoms with van der Waals surface area (Å²) < 4.78 is 0.